The lowest BCUT2D eigenvalue weighted by molar-refractivity contribution is 0.0950. The number of rotatable bonds is 4. The third-order valence-electron chi connectivity index (χ3n) is 3.01. The molecule has 0 atom stereocenters. The lowest BCUT2D eigenvalue weighted by atomic mass is 10.2. The first-order chi connectivity index (χ1) is 9.33. The normalized spacial score (nSPS) is 10.7. The van der Waals surface area contributed by atoms with Crippen LogP contribution in [0.15, 0.2) is 42.9 Å². The van der Waals surface area contributed by atoms with Gasteiger partial charge in [-0.25, -0.2) is 4.98 Å². The van der Waals surface area contributed by atoms with Crippen LogP contribution in [0.4, 0.5) is 0 Å². The van der Waals surface area contributed by atoms with Crippen LogP contribution in [0.1, 0.15) is 16.2 Å². The van der Waals surface area contributed by atoms with Crippen molar-refractivity contribution in [2.45, 2.75) is 6.42 Å². The molecule has 3 aromatic rings. The van der Waals surface area contributed by atoms with E-state index in [2.05, 4.69) is 20.3 Å². The van der Waals surface area contributed by atoms with Crippen molar-refractivity contribution >= 4 is 16.8 Å². The van der Waals surface area contributed by atoms with Crippen LogP contribution in [0.2, 0.25) is 0 Å². The molecule has 2 heterocycles. The number of benzene rings is 1. The number of amides is 1. The van der Waals surface area contributed by atoms with E-state index in [9.17, 15) is 4.79 Å². The Balaban J connectivity index is 1.63. The zero-order chi connectivity index (χ0) is 13.1. The number of carbonyl (C=O) groups is 1. The molecule has 1 aromatic carbocycles. The van der Waals surface area contributed by atoms with Crippen molar-refractivity contribution in [2.24, 2.45) is 0 Å². The molecule has 3 N–H and O–H groups in total. The van der Waals surface area contributed by atoms with Crippen molar-refractivity contribution in [1.29, 1.82) is 0 Å². The summed E-state index contributed by atoms with van der Waals surface area (Å²) in [6.45, 7) is 0.580. The van der Waals surface area contributed by atoms with Gasteiger partial charge in [-0.3, -0.25) is 4.79 Å². The molecule has 0 unspecified atom stereocenters. The number of carbonyl (C=O) groups excluding carboxylic acids is 1. The van der Waals surface area contributed by atoms with Crippen molar-refractivity contribution in [3.63, 3.8) is 0 Å². The quantitative estimate of drug-likeness (QED) is 0.665. The second kappa shape index (κ2) is 4.97. The zero-order valence-electron chi connectivity index (χ0n) is 10.3. The highest BCUT2D eigenvalue weighted by Crippen LogP contribution is 2.14. The molecule has 0 radical (unpaired) electrons. The molecular formula is C14H14N4O. The van der Waals surface area contributed by atoms with Gasteiger partial charge in [0.05, 0.1) is 6.33 Å². The number of H-pyrrole nitrogens is 2. The maximum atomic E-state index is 12.0. The summed E-state index contributed by atoms with van der Waals surface area (Å²) in [6, 6.07) is 9.69. The number of aromatic amines is 2. The Bertz CT molecular complexity index is 651. The van der Waals surface area contributed by atoms with Crippen molar-refractivity contribution in [2.75, 3.05) is 6.54 Å². The Morgan fingerprint density at radius 3 is 3.00 bits per heavy atom. The summed E-state index contributed by atoms with van der Waals surface area (Å²) in [6.07, 6.45) is 4.13. The molecule has 19 heavy (non-hydrogen) atoms. The van der Waals surface area contributed by atoms with Gasteiger partial charge in [-0.05, 0) is 12.1 Å². The molecule has 0 fully saturated rings. The lowest BCUT2D eigenvalue weighted by Crippen LogP contribution is -2.26. The number of aromatic nitrogens is 3. The van der Waals surface area contributed by atoms with Gasteiger partial charge in [-0.15, -0.1) is 0 Å². The average Bonchev–Trinajstić information content (AvgIpc) is 3.07. The van der Waals surface area contributed by atoms with Crippen LogP contribution in [0.25, 0.3) is 10.9 Å². The van der Waals surface area contributed by atoms with Crippen LogP contribution in [0, 0.1) is 0 Å². The highest BCUT2D eigenvalue weighted by molar-refractivity contribution is 5.97. The van der Waals surface area contributed by atoms with Crippen LogP contribution in [-0.4, -0.2) is 27.4 Å². The zero-order valence-corrected chi connectivity index (χ0v) is 10.3. The Morgan fingerprint density at radius 1 is 1.32 bits per heavy atom. The number of para-hydroxylation sites is 1. The monoisotopic (exact) mass is 254 g/mol. The summed E-state index contributed by atoms with van der Waals surface area (Å²) in [7, 11) is 0. The molecule has 0 aliphatic heterocycles. The molecule has 3 rings (SSSR count). The van der Waals surface area contributed by atoms with Crippen molar-refractivity contribution < 1.29 is 4.79 Å². The highest BCUT2D eigenvalue weighted by Gasteiger charge is 2.08. The second-order valence-corrected chi connectivity index (χ2v) is 4.35. The first-order valence-corrected chi connectivity index (χ1v) is 6.16. The molecule has 5 nitrogen and oxygen atoms in total. The summed E-state index contributed by atoms with van der Waals surface area (Å²) in [5.74, 6) is -0.0873. The van der Waals surface area contributed by atoms with E-state index in [4.69, 9.17) is 0 Å². The summed E-state index contributed by atoms with van der Waals surface area (Å²) in [5, 5.41) is 3.92. The van der Waals surface area contributed by atoms with Gasteiger partial charge in [0.1, 0.15) is 5.69 Å². The molecule has 5 heteroatoms. The van der Waals surface area contributed by atoms with Gasteiger partial charge in [0.2, 0.25) is 0 Å². The van der Waals surface area contributed by atoms with Gasteiger partial charge in [-0.2, -0.15) is 0 Å². The van der Waals surface area contributed by atoms with E-state index in [1.54, 1.807) is 12.5 Å². The number of hydrogen-bond acceptors (Lipinski definition) is 2. The second-order valence-electron chi connectivity index (χ2n) is 4.35. The van der Waals surface area contributed by atoms with E-state index in [1.807, 2.05) is 30.3 Å². The Morgan fingerprint density at radius 2 is 2.21 bits per heavy atom. The molecule has 0 saturated carbocycles. The standard InChI is InChI=1S/C14H14N4O/c19-14(16-6-5-11-8-15-9-17-11)13-7-10-3-1-2-4-12(10)18-13/h1-4,7-9,18H,5-6H2,(H,15,17)(H,16,19). The average molecular weight is 254 g/mol. The van der Waals surface area contributed by atoms with E-state index < -0.39 is 0 Å². The molecule has 0 aliphatic rings. The fraction of sp³-hybridized carbons (Fsp3) is 0.143. The minimum Gasteiger partial charge on any atom is -0.351 e. The van der Waals surface area contributed by atoms with Crippen LogP contribution in [-0.2, 0) is 6.42 Å². The summed E-state index contributed by atoms with van der Waals surface area (Å²) >= 11 is 0. The Hall–Kier alpha value is -2.56. The Kier molecular flexibility index (Phi) is 3.02. The van der Waals surface area contributed by atoms with E-state index in [1.165, 1.54) is 0 Å². The molecular weight excluding hydrogens is 240 g/mol. The maximum absolute atomic E-state index is 12.0. The maximum Gasteiger partial charge on any atom is 0.267 e. The molecule has 0 aliphatic carbocycles. The third kappa shape index (κ3) is 2.49. The van der Waals surface area contributed by atoms with Crippen LogP contribution >= 0.6 is 0 Å². The smallest absolute Gasteiger partial charge is 0.267 e. The number of nitrogens with one attached hydrogen (secondary N) is 3. The van der Waals surface area contributed by atoms with E-state index in [0.717, 1.165) is 23.0 Å². The minimum absolute atomic E-state index is 0.0873. The number of imidazole rings is 1. The van der Waals surface area contributed by atoms with Crippen LogP contribution in [0.3, 0.4) is 0 Å². The fourth-order valence-electron chi connectivity index (χ4n) is 2.02. The van der Waals surface area contributed by atoms with Crippen molar-refractivity contribution in [3.05, 3.63) is 54.2 Å². The largest absolute Gasteiger partial charge is 0.351 e. The summed E-state index contributed by atoms with van der Waals surface area (Å²) in [4.78, 5) is 22.0. The van der Waals surface area contributed by atoms with E-state index in [0.29, 0.717) is 12.2 Å². The van der Waals surface area contributed by atoms with Gasteiger partial charge in [-0.1, -0.05) is 18.2 Å². The minimum atomic E-state index is -0.0873. The lowest BCUT2D eigenvalue weighted by Gasteiger charge is -2.01. The molecule has 0 saturated heterocycles. The molecule has 0 bridgehead atoms. The van der Waals surface area contributed by atoms with E-state index >= 15 is 0 Å². The van der Waals surface area contributed by atoms with Crippen molar-refractivity contribution in [1.82, 2.24) is 20.3 Å². The summed E-state index contributed by atoms with van der Waals surface area (Å²) < 4.78 is 0. The predicted molar refractivity (Wildman–Crippen MR) is 72.9 cm³/mol. The van der Waals surface area contributed by atoms with Gasteiger partial charge < -0.3 is 15.3 Å². The van der Waals surface area contributed by atoms with Gasteiger partial charge in [0, 0.05) is 35.8 Å². The van der Waals surface area contributed by atoms with Crippen molar-refractivity contribution in [3.8, 4) is 0 Å². The molecule has 2 aromatic heterocycles. The van der Waals surface area contributed by atoms with Gasteiger partial charge in [0.15, 0.2) is 0 Å². The first-order valence-electron chi connectivity index (χ1n) is 6.16. The van der Waals surface area contributed by atoms with E-state index in [-0.39, 0.29) is 5.91 Å². The Labute approximate surface area is 110 Å². The summed E-state index contributed by atoms with van der Waals surface area (Å²) in [5.41, 5.74) is 2.57. The molecule has 1 amide bonds. The van der Waals surface area contributed by atoms with Gasteiger partial charge >= 0.3 is 0 Å². The highest BCUT2D eigenvalue weighted by atomic mass is 16.1. The SMILES string of the molecule is O=C(NCCc1cnc[nH]1)c1cc2ccccc2[nH]1. The van der Waals surface area contributed by atoms with Crippen LogP contribution < -0.4 is 5.32 Å². The number of hydrogen-bond donors (Lipinski definition) is 3. The molecule has 96 valence electrons. The van der Waals surface area contributed by atoms with Crippen LogP contribution in [0.5, 0.6) is 0 Å². The third-order valence-corrected chi connectivity index (χ3v) is 3.01. The predicted octanol–water partition coefficient (Wildman–Crippen LogP) is 1.86. The van der Waals surface area contributed by atoms with Gasteiger partial charge in [0.25, 0.3) is 5.91 Å². The topological polar surface area (TPSA) is 73.6 Å². The molecule has 0 spiro atoms. The first kappa shape index (κ1) is 11.5. The fourth-order valence-corrected chi connectivity index (χ4v) is 2.02. The number of nitrogens with zero attached hydrogens (tertiary/aromatic N) is 1. The number of fused-ring (bicyclic) bond motifs is 1.